The molecule has 0 unspecified atom stereocenters. The lowest BCUT2D eigenvalue weighted by Crippen LogP contribution is -2.11. The Morgan fingerprint density at radius 1 is 1.27 bits per heavy atom. The van der Waals surface area contributed by atoms with Crippen LogP contribution in [0, 0.1) is 0 Å². The number of benzene rings is 1. The second-order valence-corrected chi connectivity index (χ2v) is 5.28. The van der Waals surface area contributed by atoms with Crippen LogP contribution in [0.5, 0.6) is 5.75 Å². The van der Waals surface area contributed by atoms with Gasteiger partial charge in [0.2, 0.25) is 5.13 Å². The first-order chi connectivity index (χ1) is 10.8. The van der Waals surface area contributed by atoms with Crippen LogP contribution in [0.3, 0.4) is 0 Å². The summed E-state index contributed by atoms with van der Waals surface area (Å²) in [6.07, 6.45) is 1.56. The molecule has 2 heterocycles. The van der Waals surface area contributed by atoms with E-state index < -0.39 is 0 Å². The number of nitrogens with zero attached hydrogens (tertiary/aromatic N) is 2. The molecule has 22 heavy (non-hydrogen) atoms. The van der Waals surface area contributed by atoms with Crippen molar-refractivity contribution in [1.82, 2.24) is 10.2 Å². The average Bonchev–Trinajstić information content (AvgIpc) is 3.19. The number of carbonyl (C=O) groups is 1. The van der Waals surface area contributed by atoms with Crippen LogP contribution in [0.15, 0.2) is 47.1 Å². The van der Waals surface area contributed by atoms with E-state index >= 15 is 0 Å². The Hall–Kier alpha value is -2.67. The van der Waals surface area contributed by atoms with Gasteiger partial charge in [0.1, 0.15) is 5.75 Å². The predicted octanol–water partition coefficient (Wildman–Crippen LogP) is 3.45. The van der Waals surface area contributed by atoms with Crippen LogP contribution >= 0.6 is 11.3 Å². The lowest BCUT2D eigenvalue weighted by atomic mass is 10.2. The molecule has 0 aliphatic heterocycles. The molecule has 0 aliphatic carbocycles. The fourth-order valence-corrected chi connectivity index (χ4v) is 2.52. The largest absolute Gasteiger partial charge is 0.494 e. The van der Waals surface area contributed by atoms with Crippen molar-refractivity contribution in [3.63, 3.8) is 0 Å². The molecule has 0 spiro atoms. The summed E-state index contributed by atoms with van der Waals surface area (Å²) in [5, 5.41) is 11.7. The van der Waals surface area contributed by atoms with Gasteiger partial charge in [-0.25, -0.2) is 0 Å². The lowest BCUT2D eigenvalue weighted by Gasteiger charge is -2.04. The Labute approximate surface area is 130 Å². The van der Waals surface area contributed by atoms with Gasteiger partial charge in [-0.1, -0.05) is 11.3 Å². The van der Waals surface area contributed by atoms with Crippen molar-refractivity contribution in [2.24, 2.45) is 0 Å². The van der Waals surface area contributed by atoms with E-state index in [0.717, 1.165) is 5.75 Å². The summed E-state index contributed by atoms with van der Waals surface area (Å²) < 4.78 is 10.6. The van der Waals surface area contributed by atoms with Crippen LogP contribution in [0.25, 0.3) is 10.8 Å². The van der Waals surface area contributed by atoms with Crippen molar-refractivity contribution in [3.05, 3.63) is 48.2 Å². The van der Waals surface area contributed by atoms with Crippen molar-refractivity contribution in [1.29, 1.82) is 0 Å². The molecule has 1 amide bonds. The summed E-state index contributed by atoms with van der Waals surface area (Å²) in [7, 11) is 0. The number of furan rings is 1. The van der Waals surface area contributed by atoms with Gasteiger partial charge in [0, 0.05) is 5.56 Å². The first-order valence-electron chi connectivity index (χ1n) is 6.68. The summed E-state index contributed by atoms with van der Waals surface area (Å²) in [6.45, 7) is 2.50. The van der Waals surface area contributed by atoms with Gasteiger partial charge in [0.05, 0.1) is 12.9 Å². The topological polar surface area (TPSA) is 77.2 Å². The van der Waals surface area contributed by atoms with Crippen LogP contribution < -0.4 is 10.1 Å². The number of ether oxygens (including phenoxy) is 1. The average molecular weight is 315 g/mol. The summed E-state index contributed by atoms with van der Waals surface area (Å²) >= 11 is 1.25. The fraction of sp³-hybridized carbons (Fsp3) is 0.133. The number of rotatable bonds is 5. The van der Waals surface area contributed by atoms with Crippen LogP contribution in [0.1, 0.15) is 17.3 Å². The molecule has 0 aliphatic rings. The molecule has 3 aromatic rings. The highest BCUT2D eigenvalue weighted by Crippen LogP contribution is 2.26. The Morgan fingerprint density at radius 3 is 2.77 bits per heavy atom. The third-order valence-electron chi connectivity index (χ3n) is 2.80. The van der Waals surface area contributed by atoms with Gasteiger partial charge in [-0.15, -0.1) is 10.2 Å². The van der Waals surface area contributed by atoms with Gasteiger partial charge in [-0.3, -0.25) is 10.1 Å². The van der Waals surface area contributed by atoms with Crippen molar-refractivity contribution in [2.45, 2.75) is 6.92 Å². The van der Waals surface area contributed by atoms with E-state index in [1.165, 1.54) is 11.3 Å². The molecule has 1 N–H and O–H groups in total. The zero-order chi connectivity index (χ0) is 15.4. The monoisotopic (exact) mass is 315 g/mol. The molecule has 0 fully saturated rings. The zero-order valence-corrected chi connectivity index (χ0v) is 12.6. The molecule has 0 bridgehead atoms. The molecule has 7 heteroatoms. The molecule has 0 saturated heterocycles. The van der Waals surface area contributed by atoms with Gasteiger partial charge in [0.15, 0.2) is 10.8 Å². The Morgan fingerprint density at radius 2 is 2.09 bits per heavy atom. The van der Waals surface area contributed by atoms with E-state index in [2.05, 4.69) is 15.5 Å². The molecule has 112 valence electrons. The first kappa shape index (κ1) is 14.3. The number of hydrogen-bond acceptors (Lipinski definition) is 6. The second-order valence-electron chi connectivity index (χ2n) is 4.30. The summed E-state index contributed by atoms with van der Waals surface area (Å²) in [5.74, 6) is 1.11. The smallest absolute Gasteiger partial charge is 0.257 e. The minimum absolute atomic E-state index is 0.245. The van der Waals surface area contributed by atoms with Crippen LogP contribution in [0.4, 0.5) is 5.13 Å². The first-order valence-corrected chi connectivity index (χ1v) is 7.49. The van der Waals surface area contributed by atoms with Gasteiger partial charge in [-0.2, -0.15) is 0 Å². The summed E-state index contributed by atoms with van der Waals surface area (Å²) in [6, 6.07) is 10.5. The number of hydrogen-bond donors (Lipinski definition) is 1. The van der Waals surface area contributed by atoms with E-state index in [1.807, 2.05) is 6.92 Å². The molecule has 0 atom stereocenters. The van der Waals surface area contributed by atoms with Gasteiger partial charge >= 0.3 is 0 Å². The van der Waals surface area contributed by atoms with Crippen molar-refractivity contribution in [3.8, 4) is 16.5 Å². The van der Waals surface area contributed by atoms with E-state index in [0.29, 0.717) is 28.1 Å². The second kappa shape index (κ2) is 6.40. The van der Waals surface area contributed by atoms with Gasteiger partial charge in [0.25, 0.3) is 5.91 Å². The van der Waals surface area contributed by atoms with Crippen molar-refractivity contribution >= 4 is 22.4 Å². The van der Waals surface area contributed by atoms with E-state index in [4.69, 9.17) is 9.15 Å². The molecule has 6 nitrogen and oxygen atoms in total. The normalized spacial score (nSPS) is 10.4. The van der Waals surface area contributed by atoms with Gasteiger partial charge in [-0.05, 0) is 43.3 Å². The number of anilines is 1. The van der Waals surface area contributed by atoms with Crippen LogP contribution in [-0.2, 0) is 0 Å². The highest BCUT2D eigenvalue weighted by molar-refractivity contribution is 7.18. The predicted molar refractivity (Wildman–Crippen MR) is 83.2 cm³/mol. The lowest BCUT2D eigenvalue weighted by molar-refractivity contribution is 0.102. The number of aromatic nitrogens is 2. The zero-order valence-electron chi connectivity index (χ0n) is 11.8. The molecule has 3 rings (SSSR count). The minimum Gasteiger partial charge on any atom is -0.494 e. The maximum Gasteiger partial charge on any atom is 0.257 e. The quantitative estimate of drug-likeness (QED) is 0.780. The van der Waals surface area contributed by atoms with Crippen molar-refractivity contribution in [2.75, 3.05) is 11.9 Å². The standard InChI is InChI=1S/C15H13N3O3S/c1-2-20-11-7-5-10(6-8-11)13(19)16-15-18-17-14(22-15)12-4-3-9-21-12/h3-9H,2H2,1H3,(H,16,18,19). The van der Waals surface area contributed by atoms with E-state index in [1.54, 1.807) is 42.7 Å². The Bertz CT molecular complexity index is 751. The highest BCUT2D eigenvalue weighted by Gasteiger charge is 2.12. The molecule has 0 radical (unpaired) electrons. The van der Waals surface area contributed by atoms with E-state index in [9.17, 15) is 4.79 Å². The number of carbonyl (C=O) groups excluding carboxylic acids is 1. The Balaban J connectivity index is 1.69. The molecular weight excluding hydrogens is 302 g/mol. The van der Waals surface area contributed by atoms with E-state index in [-0.39, 0.29) is 5.91 Å². The van der Waals surface area contributed by atoms with Gasteiger partial charge < -0.3 is 9.15 Å². The summed E-state index contributed by atoms with van der Waals surface area (Å²) in [5.41, 5.74) is 0.526. The molecular formula is C15H13N3O3S. The maximum absolute atomic E-state index is 12.1. The van der Waals surface area contributed by atoms with Crippen LogP contribution in [0.2, 0.25) is 0 Å². The third kappa shape index (κ3) is 3.15. The number of nitrogens with one attached hydrogen (secondary N) is 1. The molecule has 2 aromatic heterocycles. The van der Waals surface area contributed by atoms with Crippen LogP contribution in [-0.4, -0.2) is 22.7 Å². The fourth-order valence-electron chi connectivity index (χ4n) is 1.81. The van der Waals surface area contributed by atoms with Crippen molar-refractivity contribution < 1.29 is 13.9 Å². The minimum atomic E-state index is -0.245. The third-order valence-corrected chi connectivity index (χ3v) is 3.66. The molecule has 0 saturated carbocycles. The summed E-state index contributed by atoms with van der Waals surface area (Å²) in [4.78, 5) is 12.1. The molecule has 1 aromatic carbocycles. The highest BCUT2D eigenvalue weighted by atomic mass is 32.1. The Kier molecular flexibility index (Phi) is 4.15. The SMILES string of the molecule is CCOc1ccc(C(=O)Nc2nnc(-c3ccco3)s2)cc1. The number of amides is 1. The maximum atomic E-state index is 12.1.